The van der Waals surface area contributed by atoms with Crippen LogP contribution in [0, 0.1) is 0 Å². The first-order chi connectivity index (χ1) is 14.9. The molecule has 1 aliphatic rings. The fraction of sp³-hybridized carbons (Fsp3) is 0.292. The summed E-state index contributed by atoms with van der Waals surface area (Å²) in [5.74, 6) is -0.307. The quantitative estimate of drug-likeness (QED) is 0.479. The molecular formula is C24H26ClN3O3. The zero-order chi connectivity index (χ0) is 22.3. The lowest BCUT2D eigenvalue weighted by atomic mass is 9.95. The molecule has 0 fully saturated rings. The minimum absolute atomic E-state index is 0.0404. The molecule has 7 heteroatoms. The van der Waals surface area contributed by atoms with E-state index in [1.54, 1.807) is 18.3 Å². The normalized spacial score (nSPS) is 18.7. The number of carbonyl (C=O) groups excluding carboxylic acids is 1. The molecule has 0 bridgehead atoms. The van der Waals surface area contributed by atoms with Crippen molar-refractivity contribution in [2.75, 3.05) is 13.1 Å². The van der Waals surface area contributed by atoms with E-state index in [4.69, 9.17) is 16.3 Å². The molecule has 0 radical (unpaired) electrons. The number of pyridine rings is 1. The molecule has 1 atom stereocenters. The van der Waals surface area contributed by atoms with Crippen molar-refractivity contribution < 1.29 is 14.6 Å². The third-order valence-corrected chi connectivity index (χ3v) is 5.16. The smallest absolute Gasteiger partial charge is 0.344 e. The van der Waals surface area contributed by atoms with Gasteiger partial charge in [0.05, 0.1) is 11.3 Å². The molecule has 162 valence electrons. The highest BCUT2D eigenvalue weighted by Crippen LogP contribution is 2.29. The zero-order valence-electron chi connectivity index (χ0n) is 17.7. The summed E-state index contributed by atoms with van der Waals surface area (Å²) < 4.78 is 5.40. The first-order valence-electron chi connectivity index (χ1n) is 10.2. The van der Waals surface area contributed by atoms with Gasteiger partial charge in [-0.1, -0.05) is 37.6 Å². The topological polar surface area (TPSA) is 75.0 Å². The fourth-order valence-corrected chi connectivity index (χ4v) is 3.52. The van der Waals surface area contributed by atoms with Gasteiger partial charge in [0.15, 0.2) is 0 Å². The number of ether oxygens (including phenoxy) is 1. The number of aliphatic imine (C=N–C) groups is 1. The Morgan fingerprint density at radius 3 is 2.68 bits per heavy atom. The Kier molecular flexibility index (Phi) is 7.74. The SMILES string of the molecule is CCN(CC)Cc1ccc(N=CC2(O)C=C(Cl)C=C(OC(=O)c3cccnc3)C2)cc1. The molecule has 1 N–H and O–H groups in total. The second-order valence-corrected chi connectivity index (χ2v) is 7.76. The van der Waals surface area contributed by atoms with Crippen LogP contribution in [-0.2, 0) is 11.3 Å². The Morgan fingerprint density at radius 1 is 1.29 bits per heavy atom. The van der Waals surface area contributed by atoms with Gasteiger partial charge < -0.3 is 9.84 Å². The third-order valence-electron chi connectivity index (χ3n) is 4.94. The molecule has 3 rings (SSSR count). The third kappa shape index (κ3) is 6.59. The maximum atomic E-state index is 12.3. The Balaban J connectivity index is 1.66. The predicted molar refractivity (Wildman–Crippen MR) is 122 cm³/mol. The molecular weight excluding hydrogens is 414 g/mol. The van der Waals surface area contributed by atoms with Crippen molar-refractivity contribution in [3.05, 3.63) is 82.9 Å². The number of hydrogen-bond donors (Lipinski definition) is 1. The highest BCUT2D eigenvalue weighted by atomic mass is 35.5. The summed E-state index contributed by atoms with van der Waals surface area (Å²) in [7, 11) is 0. The number of esters is 1. The average Bonchev–Trinajstić information content (AvgIpc) is 2.77. The molecule has 1 unspecified atom stereocenters. The lowest BCUT2D eigenvalue weighted by Gasteiger charge is -2.25. The summed E-state index contributed by atoms with van der Waals surface area (Å²) >= 11 is 6.16. The Morgan fingerprint density at radius 2 is 2.03 bits per heavy atom. The number of benzene rings is 1. The first kappa shape index (κ1) is 22.9. The van der Waals surface area contributed by atoms with E-state index in [0.717, 1.165) is 19.6 Å². The Bertz CT molecular complexity index is 983. The van der Waals surface area contributed by atoms with Crippen LogP contribution in [0.15, 0.2) is 76.7 Å². The monoisotopic (exact) mass is 439 g/mol. The molecule has 2 aromatic rings. The summed E-state index contributed by atoms with van der Waals surface area (Å²) in [5.41, 5.74) is 0.770. The van der Waals surface area contributed by atoms with E-state index in [-0.39, 0.29) is 17.2 Å². The minimum atomic E-state index is -1.46. The largest absolute Gasteiger partial charge is 0.427 e. The number of rotatable bonds is 8. The maximum Gasteiger partial charge on any atom is 0.344 e. The molecule has 0 spiro atoms. The fourth-order valence-electron chi connectivity index (χ4n) is 3.20. The van der Waals surface area contributed by atoms with Crippen molar-refractivity contribution in [2.45, 2.75) is 32.4 Å². The average molecular weight is 440 g/mol. The van der Waals surface area contributed by atoms with E-state index in [1.165, 1.54) is 30.1 Å². The molecule has 1 heterocycles. The number of aliphatic hydroxyl groups is 1. The minimum Gasteiger partial charge on any atom is -0.427 e. The number of carbonyl (C=O) groups is 1. The van der Waals surface area contributed by atoms with Crippen LogP contribution in [0.3, 0.4) is 0 Å². The van der Waals surface area contributed by atoms with Gasteiger partial charge in [-0.15, -0.1) is 0 Å². The van der Waals surface area contributed by atoms with E-state index in [1.807, 2.05) is 24.3 Å². The number of allylic oxidation sites excluding steroid dienone is 2. The van der Waals surface area contributed by atoms with Gasteiger partial charge in [0, 0.05) is 36.6 Å². The molecule has 1 aromatic carbocycles. The first-order valence-corrected chi connectivity index (χ1v) is 10.6. The Hall–Kier alpha value is -2.80. The highest BCUT2D eigenvalue weighted by molar-refractivity contribution is 6.31. The molecule has 0 aliphatic heterocycles. The van der Waals surface area contributed by atoms with Crippen LogP contribution >= 0.6 is 11.6 Å². The van der Waals surface area contributed by atoms with E-state index < -0.39 is 11.6 Å². The van der Waals surface area contributed by atoms with Gasteiger partial charge in [0.25, 0.3) is 0 Å². The second-order valence-electron chi connectivity index (χ2n) is 7.33. The van der Waals surface area contributed by atoms with Gasteiger partial charge in [0.1, 0.15) is 11.4 Å². The summed E-state index contributed by atoms with van der Waals surface area (Å²) in [6.45, 7) is 7.16. The summed E-state index contributed by atoms with van der Waals surface area (Å²) in [6, 6.07) is 11.1. The molecule has 1 aliphatic carbocycles. The molecule has 0 amide bonds. The van der Waals surface area contributed by atoms with Gasteiger partial charge in [-0.3, -0.25) is 14.9 Å². The van der Waals surface area contributed by atoms with E-state index in [0.29, 0.717) is 11.3 Å². The van der Waals surface area contributed by atoms with Gasteiger partial charge in [0.2, 0.25) is 0 Å². The van der Waals surface area contributed by atoms with Crippen LogP contribution in [0.2, 0.25) is 0 Å². The van der Waals surface area contributed by atoms with Gasteiger partial charge in [-0.2, -0.15) is 0 Å². The number of nitrogens with zero attached hydrogens (tertiary/aromatic N) is 3. The van der Waals surface area contributed by atoms with Crippen molar-refractivity contribution in [1.29, 1.82) is 0 Å². The van der Waals surface area contributed by atoms with Crippen molar-refractivity contribution in [1.82, 2.24) is 9.88 Å². The van der Waals surface area contributed by atoms with Crippen molar-refractivity contribution in [3.63, 3.8) is 0 Å². The standard InChI is InChI=1S/C24H26ClN3O3/c1-3-28(4-2)16-18-7-9-21(10-8-18)27-17-24(30)13-20(25)12-22(14-24)31-23(29)19-6-5-11-26-15-19/h5-13,15,17,30H,3-4,14,16H2,1-2H3. The summed E-state index contributed by atoms with van der Waals surface area (Å²) in [4.78, 5) is 22.9. The molecule has 1 aromatic heterocycles. The number of hydrogen-bond acceptors (Lipinski definition) is 6. The summed E-state index contributed by atoms with van der Waals surface area (Å²) in [6.07, 6.45) is 7.44. The predicted octanol–water partition coefficient (Wildman–Crippen LogP) is 4.62. The van der Waals surface area contributed by atoms with E-state index in [2.05, 4.69) is 28.7 Å². The van der Waals surface area contributed by atoms with Crippen LogP contribution in [0.4, 0.5) is 5.69 Å². The van der Waals surface area contributed by atoms with Crippen LogP contribution < -0.4 is 0 Å². The molecule has 0 saturated carbocycles. The van der Waals surface area contributed by atoms with Gasteiger partial charge >= 0.3 is 5.97 Å². The maximum absolute atomic E-state index is 12.3. The van der Waals surface area contributed by atoms with Crippen LogP contribution in [0.25, 0.3) is 0 Å². The van der Waals surface area contributed by atoms with Crippen molar-refractivity contribution >= 4 is 29.5 Å². The van der Waals surface area contributed by atoms with Gasteiger partial charge in [-0.05, 0) is 55.1 Å². The lowest BCUT2D eigenvalue weighted by Crippen LogP contribution is -2.31. The second kappa shape index (κ2) is 10.5. The Labute approximate surface area is 187 Å². The van der Waals surface area contributed by atoms with Crippen LogP contribution in [0.5, 0.6) is 0 Å². The molecule has 0 saturated heterocycles. The molecule has 31 heavy (non-hydrogen) atoms. The van der Waals surface area contributed by atoms with E-state index >= 15 is 0 Å². The van der Waals surface area contributed by atoms with Crippen molar-refractivity contribution in [3.8, 4) is 0 Å². The van der Waals surface area contributed by atoms with Crippen LogP contribution in [-0.4, -0.2) is 45.9 Å². The molecule has 6 nitrogen and oxygen atoms in total. The lowest BCUT2D eigenvalue weighted by molar-refractivity contribution is 0.0571. The summed E-state index contributed by atoms with van der Waals surface area (Å²) in [5, 5.41) is 11.2. The van der Waals surface area contributed by atoms with Gasteiger partial charge in [-0.25, -0.2) is 4.79 Å². The number of halogens is 1. The van der Waals surface area contributed by atoms with E-state index in [9.17, 15) is 9.90 Å². The number of aromatic nitrogens is 1. The zero-order valence-corrected chi connectivity index (χ0v) is 18.4. The van der Waals surface area contributed by atoms with Crippen molar-refractivity contribution in [2.24, 2.45) is 4.99 Å². The highest BCUT2D eigenvalue weighted by Gasteiger charge is 2.30. The van der Waals surface area contributed by atoms with Crippen LogP contribution in [0.1, 0.15) is 36.2 Å².